The van der Waals surface area contributed by atoms with Gasteiger partial charge in [0.2, 0.25) is 11.8 Å². The molecule has 0 spiro atoms. The first-order valence-electron chi connectivity index (χ1n) is 12.9. The first-order chi connectivity index (χ1) is 17.3. The highest BCUT2D eigenvalue weighted by Crippen LogP contribution is 2.41. The number of amides is 2. The van der Waals surface area contributed by atoms with Crippen LogP contribution in [0, 0.1) is 11.8 Å². The van der Waals surface area contributed by atoms with Crippen molar-refractivity contribution in [2.75, 3.05) is 23.8 Å². The smallest absolute Gasteiger partial charge is 0.313 e. The second-order valence-corrected chi connectivity index (χ2v) is 12.1. The van der Waals surface area contributed by atoms with Crippen LogP contribution in [0.15, 0.2) is 4.99 Å². The highest BCUT2D eigenvalue weighted by atomic mass is 32.2. The van der Waals surface area contributed by atoms with E-state index in [4.69, 9.17) is 16.6 Å². The number of guanidine groups is 1. The number of aliphatic carboxylic acids is 1. The largest absolute Gasteiger partial charge is 0.481 e. The molecule has 4 atom stereocenters. The van der Waals surface area contributed by atoms with Gasteiger partial charge in [-0.1, -0.05) is 32.1 Å². The Kier molecular flexibility index (Phi) is 11.2. The van der Waals surface area contributed by atoms with Gasteiger partial charge in [-0.2, -0.15) is 0 Å². The number of carboxylic acids is 1. The lowest BCUT2D eigenvalue weighted by atomic mass is 9.80. The van der Waals surface area contributed by atoms with Gasteiger partial charge in [0.05, 0.1) is 22.9 Å². The molecule has 0 bridgehead atoms. The Bertz CT molecular complexity index is 832. The Morgan fingerprint density at radius 1 is 1.14 bits per heavy atom. The van der Waals surface area contributed by atoms with Crippen LogP contribution in [-0.4, -0.2) is 80.8 Å². The third-order valence-corrected chi connectivity index (χ3v) is 9.52. The molecule has 12 heteroatoms. The van der Waals surface area contributed by atoms with Crippen molar-refractivity contribution in [2.45, 2.75) is 81.7 Å². The number of thioether (sulfide) groups is 2. The number of piperidine rings is 1. The molecule has 2 amide bonds. The summed E-state index contributed by atoms with van der Waals surface area (Å²) < 4.78 is 0. The normalized spacial score (nSPS) is 25.2. The topological polar surface area (TPSA) is 168 Å². The molecule has 36 heavy (non-hydrogen) atoms. The Hall–Kier alpha value is -1.95. The number of fused-ring (bicyclic) bond motifs is 1. The van der Waals surface area contributed by atoms with Crippen molar-refractivity contribution in [3.8, 4) is 0 Å². The van der Waals surface area contributed by atoms with Gasteiger partial charge in [-0.25, -0.2) is 0 Å². The molecular formula is C24H39N5O5S2. The van der Waals surface area contributed by atoms with Crippen molar-refractivity contribution in [1.29, 1.82) is 0 Å². The van der Waals surface area contributed by atoms with E-state index >= 15 is 0 Å². The highest BCUT2D eigenvalue weighted by molar-refractivity contribution is 8.00. The molecule has 2 aliphatic heterocycles. The molecule has 0 aromatic heterocycles. The molecule has 202 valence electrons. The van der Waals surface area contributed by atoms with E-state index in [9.17, 15) is 19.2 Å². The lowest BCUT2D eigenvalue weighted by molar-refractivity contribution is -0.147. The summed E-state index contributed by atoms with van der Waals surface area (Å²) in [5.74, 6) is -0.650. The van der Waals surface area contributed by atoms with Crippen LogP contribution in [0.2, 0.25) is 0 Å². The van der Waals surface area contributed by atoms with E-state index < -0.39 is 18.1 Å². The molecule has 3 aliphatic rings. The van der Waals surface area contributed by atoms with Crippen LogP contribution in [0.25, 0.3) is 0 Å². The Balaban J connectivity index is 1.61. The van der Waals surface area contributed by atoms with Crippen molar-refractivity contribution in [1.82, 2.24) is 10.2 Å². The summed E-state index contributed by atoms with van der Waals surface area (Å²) in [6.07, 6.45) is 9.63. The van der Waals surface area contributed by atoms with Crippen LogP contribution in [0.4, 0.5) is 0 Å². The summed E-state index contributed by atoms with van der Waals surface area (Å²) >= 11 is 2.64. The van der Waals surface area contributed by atoms with E-state index in [0.29, 0.717) is 31.1 Å². The number of nitrogens with two attached hydrogens (primary N) is 2. The average Bonchev–Trinajstić information content (AvgIpc) is 3.28. The third kappa shape index (κ3) is 8.29. The van der Waals surface area contributed by atoms with Crippen LogP contribution in [-0.2, 0) is 19.2 Å². The monoisotopic (exact) mass is 541 g/mol. The van der Waals surface area contributed by atoms with Crippen LogP contribution < -0.4 is 16.8 Å². The van der Waals surface area contributed by atoms with Gasteiger partial charge in [0.25, 0.3) is 0 Å². The van der Waals surface area contributed by atoms with E-state index in [1.807, 2.05) is 0 Å². The first kappa shape index (κ1) is 28.6. The number of hydrogen-bond donors (Lipinski definition) is 4. The maximum absolute atomic E-state index is 13.5. The van der Waals surface area contributed by atoms with Gasteiger partial charge in [-0.3, -0.25) is 24.2 Å². The van der Waals surface area contributed by atoms with Crippen LogP contribution in [0.1, 0.15) is 64.2 Å². The zero-order chi connectivity index (χ0) is 26.1. The maximum atomic E-state index is 13.5. The lowest BCUT2D eigenvalue weighted by Gasteiger charge is -2.38. The predicted molar refractivity (Wildman–Crippen MR) is 143 cm³/mol. The van der Waals surface area contributed by atoms with E-state index in [2.05, 4.69) is 10.3 Å². The van der Waals surface area contributed by atoms with Gasteiger partial charge in [0.15, 0.2) is 11.7 Å². The molecule has 0 aromatic carbocycles. The molecule has 1 saturated carbocycles. The fourth-order valence-corrected chi connectivity index (χ4v) is 7.54. The molecular weight excluding hydrogens is 502 g/mol. The first-order valence-corrected chi connectivity index (χ1v) is 15.1. The van der Waals surface area contributed by atoms with Crippen molar-refractivity contribution in [3.63, 3.8) is 0 Å². The summed E-state index contributed by atoms with van der Waals surface area (Å²) in [6.45, 7) is 0.319. The van der Waals surface area contributed by atoms with Gasteiger partial charge in [0, 0.05) is 18.2 Å². The summed E-state index contributed by atoms with van der Waals surface area (Å²) in [7, 11) is 0. The van der Waals surface area contributed by atoms with Gasteiger partial charge < -0.3 is 26.8 Å². The number of nitrogens with one attached hydrogen (secondary N) is 1. The minimum absolute atomic E-state index is 0.0120. The number of aliphatic imine (C=N–C) groups is 1. The Labute approximate surface area is 221 Å². The maximum Gasteiger partial charge on any atom is 0.313 e. The second kappa shape index (κ2) is 14.1. The molecule has 3 rings (SSSR count). The summed E-state index contributed by atoms with van der Waals surface area (Å²) in [4.78, 5) is 56.1. The van der Waals surface area contributed by atoms with E-state index in [1.165, 1.54) is 32.1 Å². The van der Waals surface area contributed by atoms with Crippen LogP contribution in [0.5, 0.6) is 0 Å². The van der Waals surface area contributed by atoms with Crippen molar-refractivity contribution >= 4 is 53.1 Å². The predicted octanol–water partition coefficient (Wildman–Crippen LogP) is 1.56. The molecule has 3 fully saturated rings. The minimum Gasteiger partial charge on any atom is -0.481 e. The minimum atomic E-state index is -0.999. The molecule has 2 unspecified atom stereocenters. The van der Waals surface area contributed by atoms with E-state index in [-0.39, 0.29) is 46.4 Å². The number of hydrogen-bond acceptors (Lipinski definition) is 7. The van der Waals surface area contributed by atoms with Gasteiger partial charge in [-0.15, -0.1) is 23.5 Å². The molecule has 2 heterocycles. The zero-order valence-corrected chi connectivity index (χ0v) is 22.4. The Morgan fingerprint density at radius 2 is 1.89 bits per heavy atom. The van der Waals surface area contributed by atoms with Crippen molar-refractivity contribution < 1.29 is 24.3 Å². The summed E-state index contributed by atoms with van der Waals surface area (Å²) in [5.41, 5.74) is 10.7. The van der Waals surface area contributed by atoms with E-state index in [1.54, 1.807) is 16.7 Å². The number of rotatable bonds is 13. The molecule has 0 aromatic rings. The highest BCUT2D eigenvalue weighted by Gasteiger charge is 2.47. The standard InChI is InChI=1S/C24H39N5O5S2/c25-24(26)27-10-4-7-17(19(30)13-35-14-21(31)32)28-22(33)18-12-36-20-9-8-16(23(34)29(18)20)11-15-5-2-1-3-6-15/h15-18,20H,1-14H2,(H,28,33)(H,31,32)(H4,25,26,27)/t16?,17-,18+,20?/m1/s1. The number of ketones is 1. The van der Waals surface area contributed by atoms with Gasteiger partial charge in [-0.05, 0) is 38.0 Å². The van der Waals surface area contributed by atoms with E-state index in [0.717, 1.165) is 31.0 Å². The number of carboxylic acid groups (broad SMARTS) is 1. The van der Waals surface area contributed by atoms with Crippen molar-refractivity contribution in [2.24, 2.45) is 28.3 Å². The number of Topliss-reactive ketones (excluding diaryl/α,β-unsaturated/α-hetero) is 1. The zero-order valence-electron chi connectivity index (χ0n) is 20.7. The third-order valence-electron chi connectivity index (χ3n) is 7.22. The van der Waals surface area contributed by atoms with Gasteiger partial charge in [0.1, 0.15) is 6.04 Å². The van der Waals surface area contributed by atoms with Crippen LogP contribution in [0.3, 0.4) is 0 Å². The number of nitrogens with zero attached hydrogens (tertiary/aromatic N) is 2. The second-order valence-electron chi connectivity index (χ2n) is 9.93. The molecule has 6 N–H and O–H groups in total. The molecule has 0 radical (unpaired) electrons. The number of carbonyl (C=O) groups excluding carboxylic acids is 3. The lowest BCUT2D eigenvalue weighted by Crippen LogP contribution is -2.56. The molecule has 1 aliphatic carbocycles. The fourth-order valence-electron chi connectivity index (χ4n) is 5.43. The summed E-state index contributed by atoms with van der Waals surface area (Å²) in [6, 6.07) is -1.38. The Morgan fingerprint density at radius 3 is 2.58 bits per heavy atom. The molecule has 10 nitrogen and oxygen atoms in total. The number of carbonyl (C=O) groups is 4. The average molecular weight is 542 g/mol. The van der Waals surface area contributed by atoms with Crippen molar-refractivity contribution in [3.05, 3.63) is 0 Å². The molecule has 2 saturated heterocycles. The SMILES string of the molecule is NC(N)=NCCC[C@@H](NC(=O)[C@@H]1CSC2CCC(CC3CCCCC3)C(=O)N21)C(=O)CSCC(=O)O. The summed E-state index contributed by atoms with van der Waals surface area (Å²) in [5, 5.41) is 11.7. The quantitative estimate of drug-likeness (QED) is 0.154. The van der Waals surface area contributed by atoms with Crippen LogP contribution >= 0.6 is 23.5 Å². The fraction of sp³-hybridized carbons (Fsp3) is 0.792. The van der Waals surface area contributed by atoms with Gasteiger partial charge >= 0.3 is 5.97 Å².